The van der Waals surface area contributed by atoms with Crippen LogP contribution in [0.5, 0.6) is 0 Å². The Morgan fingerprint density at radius 2 is 2.07 bits per heavy atom. The minimum atomic E-state index is -0.778. The zero-order valence-electron chi connectivity index (χ0n) is 16.3. The molecule has 0 saturated heterocycles. The minimum Gasteiger partial charge on any atom is -0.323 e. The van der Waals surface area contributed by atoms with Crippen LogP contribution in [0.15, 0.2) is 52.4 Å². The molecule has 156 valence electrons. The molecule has 0 saturated carbocycles. The first kappa shape index (κ1) is 21.4. The second kappa shape index (κ2) is 9.04. The van der Waals surface area contributed by atoms with Gasteiger partial charge in [-0.25, -0.2) is 9.37 Å². The summed E-state index contributed by atoms with van der Waals surface area (Å²) in [5, 5.41) is 14.1. The van der Waals surface area contributed by atoms with Crippen molar-refractivity contribution >= 4 is 39.9 Å². The number of hydrogen-bond acceptors (Lipinski definition) is 6. The molecule has 1 amide bonds. The predicted octanol–water partition coefficient (Wildman–Crippen LogP) is 4.15. The van der Waals surface area contributed by atoms with Crippen molar-refractivity contribution in [1.82, 2.24) is 9.55 Å². The first-order chi connectivity index (χ1) is 14.3. The molecular weight excluding hydrogens is 411 g/mol. The number of nitro groups is 1. The van der Waals surface area contributed by atoms with Gasteiger partial charge in [0.05, 0.1) is 27.3 Å². The van der Waals surface area contributed by atoms with Gasteiger partial charge in [0.25, 0.3) is 11.2 Å². The third-order valence-corrected chi connectivity index (χ3v) is 5.53. The summed E-state index contributed by atoms with van der Waals surface area (Å²) in [5.41, 5.74) is -0.279. The molecule has 0 aliphatic rings. The summed E-state index contributed by atoms with van der Waals surface area (Å²) in [6.07, 6.45) is 0.693. The Bertz CT molecular complexity index is 1180. The number of carbonyl (C=O) groups excluding carboxylic acids is 1. The molecule has 0 radical (unpaired) electrons. The third kappa shape index (κ3) is 4.48. The fraction of sp³-hybridized carbons (Fsp3) is 0.250. The standard InChI is InChI=1S/C20H19FN4O4S/c1-3-12(2)24-19(27)14-6-4-5-7-16(14)23-20(24)30-11-18(26)22-17-10-13(25(28)29)8-9-15(17)21/h4-10,12H,3,11H2,1-2H3,(H,22,26). The van der Waals surface area contributed by atoms with Gasteiger partial charge in [0.2, 0.25) is 5.91 Å². The molecule has 10 heteroatoms. The van der Waals surface area contributed by atoms with Crippen molar-refractivity contribution in [1.29, 1.82) is 0 Å². The lowest BCUT2D eigenvalue weighted by Crippen LogP contribution is -2.26. The first-order valence-electron chi connectivity index (χ1n) is 9.19. The minimum absolute atomic E-state index is 0.130. The molecule has 0 bridgehead atoms. The molecule has 1 atom stereocenters. The van der Waals surface area contributed by atoms with Gasteiger partial charge in [0.1, 0.15) is 5.82 Å². The van der Waals surface area contributed by atoms with Gasteiger partial charge in [-0.15, -0.1) is 0 Å². The van der Waals surface area contributed by atoms with Crippen LogP contribution >= 0.6 is 11.8 Å². The molecule has 30 heavy (non-hydrogen) atoms. The van der Waals surface area contributed by atoms with E-state index in [0.29, 0.717) is 22.5 Å². The maximum atomic E-state index is 13.9. The van der Waals surface area contributed by atoms with Gasteiger partial charge in [0.15, 0.2) is 5.16 Å². The summed E-state index contributed by atoms with van der Waals surface area (Å²) < 4.78 is 15.4. The highest BCUT2D eigenvalue weighted by Gasteiger charge is 2.18. The van der Waals surface area contributed by atoms with Crippen LogP contribution < -0.4 is 10.9 Å². The Kier molecular flexibility index (Phi) is 6.46. The van der Waals surface area contributed by atoms with Crippen LogP contribution in [-0.4, -0.2) is 26.1 Å². The number of non-ortho nitro benzene ring substituents is 1. The number of thioether (sulfide) groups is 1. The van der Waals surface area contributed by atoms with E-state index < -0.39 is 16.6 Å². The predicted molar refractivity (Wildman–Crippen MR) is 113 cm³/mol. The fourth-order valence-corrected chi connectivity index (χ4v) is 3.73. The van der Waals surface area contributed by atoms with E-state index in [4.69, 9.17) is 0 Å². The summed E-state index contributed by atoms with van der Waals surface area (Å²) >= 11 is 1.05. The highest BCUT2D eigenvalue weighted by molar-refractivity contribution is 7.99. The van der Waals surface area contributed by atoms with Gasteiger partial charge in [0, 0.05) is 18.2 Å². The number of aromatic nitrogens is 2. The van der Waals surface area contributed by atoms with E-state index in [-0.39, 0.29) is 28.7 Å². The van der Waals surface area contributed by atoms with Gasteiger partial charge < -0.3 is 5.32 Å². The molecule has 0 spiro atoms. The van der Waals surface area contributed by atoms with E-state index in [9.17, 15) is 24.1 Å². The molecular formula is C20H19FN4O4S. The lowest BCUT2D eigenvalue weighted by molar-refractivity contribution is -0.384. The molecule has 0 aliphatic carbocycles. The number of benzene rings is 2. The van der Waals surface area contributed by atoms with E-state index >= 15 is 0 Å². The summed E-state index contributed by atoms with van der Waals surface area (Å²) in [7, 11) is 0. The number of nitrogens with zero attached hydrogens (tertiary/aromatic N) is 3. The number of carbonyl (C=O) groups is 1. The summed E-state index contributed by atoms with van der Waals surface area (Å²) in [6.45, 7) is 3.83. The van der Waals surface area contributed by atoms with Crippen LogP contribution in [0.1, 0.15) is 26.3 Å². The second-order valence-electron chi connectivity index (χ2n) is 6.60. The smallest absolute Gasteiger partial charge is 0.271 e. The van der Waals surface area contributed by atoms with E-state index in [2.05, 4.69) is 10.3 Å². The van der Waals surface area contributed by atoms with Gasteiger partial charge in [-0.1, -0.05) is 30.8 Å². The van der Waals surface area contributed by atoms with Crippen LogP contribution in [0.3, 0.4) is 0 Å². The monoisotopic (exact) mass is 430 g/mol. The molecule has 1 unspecified atom stereocenters. The number of nitro benzene ring substituents is 1. The second-order valence-corrected chi connectivity index (χ2v) is 7.54. The summed E-state index contributed by atoms with van der Waals surface area (Å²) in [6, 6.07) is 9.73. The number of halogens is 1. The van der Waals surface area contributed by atoms with Gasteiger partial charge in [-0.3, -0.25) is 24.3 Å². The third-order valence-electron chi connectivity index (χ3n) is 4.57. The highest BCUT2D eigenvalue weighted by atomic mass is 32.2. The first-order valence-corrected chi connectivity index (χ1v) is 10.2. The quantitative estimate of drug-likeness (QED) is 0.261. The Morgan fingerprint density at radius 3 is 2.77 bits per heavy atom. The van der Waals surface area contributed by atoms with E-state index in [1.165, 1.54) is 0 Å². The van der Waals surface area contributed by atoms with Gasteiger partial charge in [-0.05, 0) is 31.5 Å². The average Bonchev–Trinajstić information content (AvgIpc) is 2.73. The molecule has 0 aliphatic heterocycles. The number of nitrogens with one attached hydrogen (secondary N) is 1. The molecule has 1 aromatic heterocycles. The van der Waals surface area contributed by atoms with Crippen LogP contribution in [0, 0.1) is 15.9 Å². The maximum absolute atomic E-state index is 13.9. The zero-order chi connectivity index (χ0) is 21.8. The number of para-hydroxylation sites is 1. The van der Waals surface area contributed by atoms with Crippen LogP contribution in [0.25, 0.3) is 10.9 Å². The van der Waals surface area contributed by atoms with E-state index in [0.717, 1.165) is 30.0 Å². The molecule has 3 aromatic rings. The lowest BCUT2D eigenvalue weighted by Gasteiger charge is -2.18. The van der Waals surface area contributed by atoms with Crippen LogP contribution in [0.4, 0.5) is 15.8 Å². The largest absolute Gasteiger partial charge is 0.323 e. The maximum Gasteiger partial charge on any atom is 0.271 e. The number of amides is 1. The Hall–Kier alpha value is -3.27. The average molecular weight is 430 g/mol. The fourth-order valence-electron chi connectivity index (χ4n) is 2.84. The highest BCUT2D eigenvalue weighted by Crippen LogP contribution is 2.24. The number of rotatable bonds is 7. The van der Waals surface area contributed by atoms with Crippen LogP contribution in [-0.2, 0) is 4.79 Å². The normalized spacial score (nSPS) is 12.0. The van der Waals surface area contributed by atoms with Crippen molar-refractivity contribution in [3.05, 3.63) is 68.7 Å². The number of fused-ring (bicyclic) bond motifs is 1. The number of anilines is 1. The zero-order valence-corrected chi connectivity index (χ0v) is 17.1. The van der Waals surface area contributed by atoms with Crippen molar-refractivity contribution in [3.8, 4) is 0 Å². The molecule has 1 N–H and O–H groups in total. The molecule has 2 aromatic carbocycles. The Labute approximate surface area is 175 Å². The van der Waals surface area contributed by atoms with Crippen molar-refractivity contribution < 1.29 is 14.1 Å². The molecule has 1 heterocycles. The Balaban J connectivity index is 1.85. The van der Waals surface area contributed by atoms with E-state index in [1.807, 2.05) is 13.8 Å². The molecule has 0 fully saturated rings. The van der Waals surface area contributed by atoms with Crippen LogP contribution in [0.2, 0.25) is 0 Å². The molecule has 8 nitrogen and oxygen atoms in total. The SMILES string of the molecule is CCC(C)n1c(SCC(=O)Nc2cc([N+](=O)[O-])ccc2F)nc2ccccc2c1=O. The topological polar surface area (TPSA) is 107 Å². The van der Waals surface area contributed by atoms with E-state index in [1.54, 1.807) is 28.8 Å². The summed E-state index contributed by atoms with van der Waals surface area (Å²) in [4.78, 5) is 40.0. The number of hydrogen-bond donors (Lipinski definition) is 1. The van der Waals surface area contributed by atoms with Crippen molar-refractivity contribution in [2.75, 3.05) is 11.1 Å². The summed E-state index contributed by atoms with van der Waals surface area (Å²) in [5.74, 6) is -1.50. The van der Waals surface area contributed by atoms with Crippen molar-refractivity contribution in [2.24, 2.45) is 0 Å². The van der Waals surface area contributed by atoms with Gasteiger partial charge in [-0.2, -0.15) is 0 Å². The Morgan fingerprint density at radius 1 is 1.33 bits per heavy atom. The lowest BCUT2D eigenvalue weighted by atomic mass is 10.2. The van der Waals surface area contributed by atoms with Crippen molar-refractivity contribution in [3.63, 3.8) is 0 Å². The molecule has 3 rings (SSSR count). The van der Waals surface area contributed by atoms with Gasteiger partial charge >= 0.3 is 0 Å². The van der Waals surface area contributed by atoms with Crippen molar-refractivity contribution in [2.45, 2.75) is 31.5 Å².